The molecule has 4 N–H and O–H groups in total. The molecule has 2 bridgehead atoms. The van der Waals surface area contributed by atoms with Crippen molar-refractivity contribution in [2.24, 2.45) is 11.3 Å². The smallest absolute Gasteiger partial charge is 0.328 e. The molecule has 7 heterocycles. The number of hydrogen-bond acceptors (Lipinski definition) is 10. The number of imide groups is 1. The minimum Gasteiger partial charge on any atom is -0.507 e. The number of nitrogen functional groups attached to an aromatic ring is 1. The maximum atomic E-state index is 12.5. The van der Waals surface area contributed by atoms with Gasteiger partial charge >= 0.3 is 6.03 Å². The van der Waals surface area contributed by atoms with Crippen LogP contribution in [-0.4, -0.2) is 101 Å². The number of fused-ring (bicyclic) bond motifs is 3. The van der Waals surface area contributed by atoms with Gasteiger partial charge in [0.2, 0.25) is 5.91 Å². The van der Waals surface area contributed by atoms with E-state index in [1.807, 2.05) is 30.3 Å². The van der Waals surface area contributed by atoms with Gasteiger partial charge in [-0.2, -0.15) is 0 Å². The van der Waals surface area contributed by atoms with Crippen molar-refractivity contribution in [1.29, 1.82) is 0 Å². The molecule has 3 aromatic carbocycles. The van der Waals surface area contributed by atoms with Gasteiger partial charge in [0.15, 0.2) is 5.82 Å². The quantitative estimate of drug-likeness (QED) is 0.146. The Morgan fingerprint density at radius 2 is 1.55 bits per heavy atom. The third-order valence-corrected chi connectivity index (χ3v) is 15.5. The highest BCUT2D eigenvalue weighted by Crippen LogP contribution is 2.56. The molecule has 11 rings (SSSR count). The first-order valence-electron chi connectivity index (χ1n) is 22.9. The largest absolute Gasteiger partial charge is 0.507 e. The number of piperidine rings is 2. The molecule has 1 aliphatic carbocycles. The highest BCUT2D eigenvalue weighted by molar-refractivity contribution is 6.06. The molecule has 5 aromatic rings. The van der Waals surface area contributed by atoms with E-state index in [1.54, 1.807) is 11.0 Å². The second kappa shape index (κ2) is 15.5. The zero-order chi connectivity index (χ0) is 42.1. The number of para-hydroxylation sites is 1. The Morgan fingerprint density at radius 3 is 2.31 bits per heavy atom. The standard InChI is InChI=1S/C49H58N10O3/c1-32-28-58(43-12-11-35(24-41(32)43)57-20-15-46(61)51-48(57)62)39-26-49(27-39)16-21-54(22-17-49)29-33-13-18-55(19-14-33)34-5-4-6-36(23-34)59-37-9-10-38(59)31-56(30-37)44-25-42(52-53-47(44)50)40-7-2-3-8-45(40)60/h2-8,11-12,23-25,28,33,37-39,60H,9-10,13-22,26-27,29-31H2,1H3,(H2,50,53)(H,51,61,62). The van der Waals surface area contributed by atoms with Gasteiger partial charge in [0.05, 0.1) is 11.4 Å². The number of rotatable bonds is 8. The van der Waals surface area contributed by atoms with Gasteiger partial charge < -0.3 is 35.0 Å². The van der Waals surface area contributed by atoms with Crippen molar-refractivity contribution in [1.82, 2.24) is 25.0 Å². The number of amides is 3. The van der Waals surface area contributed by atoms with Gasteiger partial charge in [-0.25, -0.2) is 4.79 Å². The third-order valence-electron chi connectivity index (χ3n) is 15.5. The van der Waals surface area contributed by atoms with Crippen LogP contribution in [0.2, 0.25) is 0 Å². The fourth-order valence-electron chi connectivity index (χ4n) is 12.0. The van der Waals surface area contributed by atoms with E-state index in [0.29, 0.717) is 53.6 Å². The minimum atomic E-state index is -0.332. The first-order valence-corrected chi connectivity index (χ1v) is 22.9. The van der Waals surface area contributed by atoms with Crippen LogP contribution in [0.1, 0.15) is 69.4 Å². The number of nitrogens with two attached hydrogens (primary N) is 1. The number of phenolic OH excluding ortho intramolecular Hbond substituents is 1. The van der Waals surface area contributed by atoms with Crippen LogP contribution in [-0.2, 0) is 4.79 Å². The molecule has 0 radical (unpaired) electrons. The zero-order valence-electron chi connectivity index (χ0n) is 35.8. The summed E-state index contributed by atoms with van der Waals surface area (Å²) in [6.45, 7) is 10.2. The van der Waals surface area contributed by atoms with Crippen LogP contribution in [0.4, 0.5) is 33.4 Å². The van der Waals surface area contributed by atoms with Gasteiger partial charge in [-0.3, -0.25) is 15.0 Å². The average Bonchev–Trinajstić information content (AvgIpc) is 3.74. The Bertz CT molecular complexity index is 2500. The molecule has 5 aliphatic heterocycles. The lowest BCUT2D eigenvalue weighted by atomic mass is 9.60. The van der Waals surface area contributed by atoms with Gasteiger partial charge in [-0.15, -0.1) is 10.2 Å². The molecule has 13 nitrogen and oxygen atoms in total. The molecule has 5 saturated heterocycles. The molecular weight excluding hydrogens is 777 g/mol. The van der Waals surface area contributed by atoms with Crippen molar-refractivity contribution in [3.05, 3.63) is 84.6 Å². The van der Waals surface area contributed by atoms with E-state index in [0.717, 1.165) is 56.3 Å². The average molecular weight is 835 g/mol. The first-order chi connectivity index (χ1) is 30.2. The number of phenols is 1. The van der Waals surface area contributed by atoms with E-state index in [-0.39, 0.29) is 17.7 Å². The van der Waals surface area contributed by atoms with Gasteiger partial charge in [-0.1, -0.05) is 18.2 Å². The van der Waals surface area contributed by atoms with Crippen LogP contribution >= 0.6 is 0 Å². The number of aromatic hydroxyl groups is 1. The maximum Gasteiger partial charge on any atom is 0.328 e. The van der Waals surface area contributed by atoms with Gasteiger partial charge in [0, 0.05) is 104 Å². The first kappa shape index (κ1) is 39.1. The van der Waals surface area contributed by atoms with Gasteiger partial charge in [0.1, 0.15) is 5.75 Å². The fourth-order valence-corrected chi connectivity index (χ4v) is 12.0. The highest BCUT2D eigenvalue weighted by Gasteiger charge is 2.47. The van der Waals surface area contributed by atoms with Crippen LogP contribution in [0.5, 0.6) is 5.75 Å². The summed E-state index contributed by atoms with van der Waals surface area (Å²) in [6, 6.07) is 25.8. The minimum absolute atomic E-state index is 0.190. The summed E-state index contributed by atoms with van der Waals surface area (Å²) in [5.41, 5.74) is 15.1. The Balaban J connectivity index is 0.665. The predicted molar refractivity (Wildman–Crippen MR) is 245 cm³/mol. The van der Waals surface area contributed by atoms with Gasteiger partial charge in [0.25, 0.3) is 0 Å². The lowest BCUT2D eigenvalue weighted by molar-refractivity contribution is -0.120. The summed E-state index contributed by atoms with van der Waals surface area (Å²) in [5.74, 6) is 1.17. The number of carbonyl (C=O) groups excluding carboxylic acids is 2. The maximum absolute atomic E-state index is 12.5. The number of hydrogen-bond donors (Lipinski definition) is 3. The van der Waals surface area contributed by atoms with Crippen LogP contribution in [0.3, 0.4) is 0 Å². The third kappa shape index (κ3) is 7.07. The number of aryl methyl sites for hydroxylation is 1. The van der Waals surface area contributed by atoms with Gasteiger partial charge in [-0.05, 0) is 143 Å². The number of anilines is 5. The SMILES string of the molecule is Cc1cn(C2CC3(CCN(CC4CCN(c5cccc(N6C7CCC6CN(c6cc(-c8ccccc8O)nnc6N)C7)c5)CC4)CC3)C2)c2ccc(N3CCC(=O)NC3=O)cc12. The van der Waals surface area contributed by atoms with Crippen molar-refractivity contribution in [3.8, 4) is 17.0 Å². The second-order valence-electron chi connectivity index (χ2n) is 19.2. The lowest BCUT2D eigenvalue weighted by Gasteiger charge is -2.53. The summed E-state index contributed by atoms with van der Waals surface area (Å²) >= 11 is 0. The van der Waals surface area contributed by atoms with E-state index in [2.05, 4.69) is 89.2 Å². The molecule has 2 unspecified atom stereocenters. The number of nitrogens with zero attached hydrogens (tertiary/aromatic N) is 8. The lowest BCUT2D eigenvalue weighted by Crippen LogP contribution is -2.54. The topological polar surface area (TPSA) is 139 Å². The second-order valence-corrected chi connectivity index (χ2v) is 19.2. The van der Waals surface area contributed by atoms with E-state index in [4.69, 9.17) is 5.73 Å². The molecule has 13 heteroatoms. The van der Waals surface area contributed by atoms with Crippen molar-refractivity contribution in [2.45, 2.75) is 82.8 Å². The number of piperazine rings is 1. The zero-order valence-corrected chi connectivity index (χ0v) is 35.8. The van der Waals surface area contributed by atoms with E-state index >= 15 is 0 Å². The fraction of sp³-hybridized carbons (Fsp3) is 0.469. The molecule has 322 valence electrons. The monoisotopic (exact) mass is 834 g/mol. The molecule has 1 saturated carbocycles. The van der Waals surface area contributed by atoms with E-state index in [9.17, 15) is 14.7 Å². The Morgan fingerprint density at radius 1 is 0.790 bits per heavy atom. The Kier molecular flexibility index (Phi) is 9.77. The number of likely N-dealkylation sites (tertiary alicyclic amines) is 1. The molecule has 62 heavy (non-hydrogen) atoms. The van der Waals surface area contributed by atoms with Crippen LogP contribution in [0, 0.1) is 18.3 Å². The summed E-state index contributed by atoms with van der Waals surface area (Å²) in [7, 11) is 0. The van der Waals surface area contributed by atoms with Crippen molar-refractivity contribution < 1.29 is 14.7 Å². The highest BCUT2D eigenvalue weighted by atomic mass is 16.3. The van der Waals surface area contributed by atoms with Crippen LogP contribution < -0.4 is 30.7 Å². The molecule has 6 aliphatic rings. The van der Waals surface area contributed by atoms with Crippen LogP contribution in [0.15, 0.2) is 79.0 Å². The normalized spacial score (nSPS) is 23.4. The number of urea groups is 1. The number of aromatic nitrogens is 3. The molecule has 6 fully saturated rings. The Labute approximate surface area is 363 Å². The van der Waals surface area contributed by atoms with Crippen LogP contribution in [0.25, 0.3) is 22.2 Å². The van der Waals surface area contributed by atoms with Crippen molar-refractivity contribution in [2.75, 3.05) is 77.7 Å². The number of carbonyl (C=O) groups is 2. The molecule has 2 aromatic heterocycles. The summed E-state index contributed by atoms with van der Waals surface area (Å²) in [6.07, 6.45) is 12.5. The molecule has 3 amide bonds. The predicted octanol–water partition coefficient (Wildman–Crippen LogP) is 7.33. The van der Waals surface area contributed by atoms with Crippen molar-refractivity contribution in [3.63, 3.8) is 0 Å². The van der Waals surface area contributed by atoms with E-state index in [1.165, 1.54) is 86.0 Å². The number of nitrogens with one attached hydrogen (secondary N) is 1. The molecular formula is C49H58N10O3. The summed E-state index contributed by atoms with van der Waals surface area (Å²) in [5, 5.41) is 22.7. The molecule has 1 spiro atoms. The number of benzene rings is 3. The van der Waals surface area contributed by atoms with Crippen molar-refractivity contribution >= 4 is 51.4 Å². The van der Waals surface area contributed by atoms with E-state index < -0.39 is 0 Å². The summed E-state index contributed by atoms with van der Waals surface area (Å²) in [4.78, 5) is 36.3. The summed E-state index contributed by atoms with van der Waals surface area (Å²) < 4.78 is 2.49. The molecule has 2 atom stereocenters. The Hall–Kier alpha value is -5.82.